The van der Waals surface area contributed by atoms with Gasteiger partial charge in [0.1, 0.15) is 5.69 Å². The maximum Gasteiger partial charge on any atom is 0.275 e. The summed E-state index contributed by atoms with van der Waals surface area (Å²) in [5.41, 5.74) is 7.36. The van der Waals surface area contributed by atoms with Gasteiger partial charge in [-0.05, 0) is 18.6 Å². The van der Waals surface area contributed by atoms with Crippen molar-refractivity contribution in [2.75, 3.05) is 60.7 Å². The number of aromatic nitrogens is 1. The van der Waals surface area contributed by atoms with E-state index in [4.69, 9.17) is 17.3 Å². The second-order valence-corrected chi connectivity index (χ2v) is 7.94. The van der Waals surface area contributed by atoms with Crippen LogP contribution >= 0.6 is 22.9 Å². The van der Waals surface area contributed by atoms with Crippen LogP contribution in [0.15, 0.2) is 29.6 Å². The van der Waals surface area contributed by atoms with Gasteiger partial charge in [-0.1, -0.05) is 12.1 Å². The highest BCUT2D eigenvalue weighted by Gasteiger charge is 2.21. The summed E-state index contributed by atoms with van der Waals surface area (Å²) in [6, 6.07) is 7.71. The van der Waals surface area contributed by atoms with Gasteiger partial charge < -0.3 is 21.3 Å². The first-order valence-electron chi connectivity index (χ1n) is 9.48. The molecule has 0 radical (unpaired) electrons. The molecule has 29 heavy (non-hydrogen) atoms. The number of alkyl halides is 1. The Hall–Kier alpha value is -2.36. The fourth-order valence-electron chi connectivity index (χ4n) is 3.13. The first-order valence-corrected chi connectivity index (χ1v) is 10.9. The predicted molar refractivity (Wildman–Crippen MR) is 118 cm³/mol. The summed E-state index contributed by atoms with van der Waals surface area (Å²) in [5.74, 6) is 0.0246. The molecule has 2 amide bonds. The average molecular weight is 437 g/mol. The van der Waals surface area contributed by atoms with E-state index < -0.39 is 0 Å². The minimum absolute atomic E-state index is 0.244. The molecule has 1 aliphatic heterocycles. The quantitative estimate of drug-likeness (QED) is 0.410. The molecule has 8 nitrogen and oxygen atoms in total. The highest BCUT2D eigenvalue weighted by molar-refractivity contribution is 7.13. The van der Waals surface area contributed by atoms with Gasteiger partial charge in [0.25, 0.3) is 5.91 Å². The van der Waals surface area contributed by atoms with Crippen LogP contribution < -0.4 is 21.3 Å². The molecule has 2 heterocycles. The lowest BCUT2D eigenvalue weighted by Gasteiger charge is -2.36. The number of nitrogens with one attached hydrogen (secondary N) is 2. The Kier molecular flexibility index (Phi) is 7.68. The van der Waals surface area contributed by atoms with Gasteiger partial charge in [0.15, 0.2) is 5.13 Å². The summed E-state index contributed by atoms with van der Waals surface area (Å²) in [4.78, 5) is 32.4. The first-order chi connectivity index (χ1) is 14.1. The van der Waals surface area contributed by atoms with Gasteiger partial charge in [-0.15, -0.1) is 22.9 Å². The summed E-state index contributed by atoms with van der Waals surface area (Å²) in [6.07, 6.45) is 0.836. The maximum atomic E-state index is 12.7. The SMILES string of the molecule is NC(=O)CN1CCN(c2ccccc2NC(=O)c2csc(NCCCCl)n2)CC1. The van der Waals surface area contributed by atoms with Gasteiger partial charge in [0, 0.05) is 44.0 Å². The number of hydrogen-bond acceptors (Lipinski definition) is 7. The second kappa shape index (κ2) is 10.4. The number of carbonyl (C=O) groups excluding carboxylic acids is 2. The Bertz CT molecular complexity index is 838. The third-order valence-electron chi connectivity index (χ3n) is 4.57. The molecule has 0 aliphatic carbocycles. The van der Waals surface area contributed by atoms with Gasteiger partial charge >= 0.3 is 0 Å². The molecule has 1 aliphatic rings. The molecular formula is C19H25ClN6O2S. The van der Waals surface area contributed by atoms with E-state index >= 15 is 0 Å². The summed E-state index contributed by atoms with van der Waals surface area (Å²) in [5, 5.41) is 8.58. The summed E-state index contributed by atoms with van der Waals surface area (Å²) >= 11 is 7.07. The third kappa shape index (κ3) is 6.06. The standard InChI is InChI=1S/C19H25ClN6O2S/c20-6-3-7-22-19-24-15(13-29-19)18(28)23-14-4-1-2-5-16(14)26-10-8-25(9-11-26)12-17(21)27/h1-2,4-5,13H,3,6-12H2,(H2,21,27)(H,22,24)(H,23,28). The number of nitrogens with two attached hydrogens (primary N) is 1. The van der Waals surface area contributed by atoms with Crippen molar-refractivity contribution in [2.24, 2.45) is 5.73 Å². The van der Waals surface area contributed by atoms with E-state index in [1.54, 1.807) is 5.38 Å². The van der Waals surface area contributed by atoms with Crippen LogP contribution in [0.3, 0.4) is 0 Å². The number of piperazine rings is 1. The minimum Gasteiger partial charge on any atom is -0.369 e. The van der Waals surface area contributed by atoms with Gasteiger partial charge in [0.2, 0.25) is 5.91 Å². The Balaban J connectivity index is 1.62. The lowest BCUT2D eigenvalue weighted by molar-refractivity contribution is -0.119. The highest BCUT2D eigenvalue weighted by Crippen LogP contribution is 2.27. The monoisotopic (exact) mass is 436 g/mol. The van der Waals surface area contributed by atoms with Crippen LogP contribution in [0.5, 0.6) is 0 Å². The number of carbonyl (C=O) groups is 2. The molecule has 3 rings (SSSR count). The predicted octanol–water partition coefficient (Wildman–Crippen LogP) is 2.04. The van der Waals surface area contributed by atoms with Gasteiger partial charge in [-0.2, -0.15) is 0 Å². The van der Waals surface area contributed by atoms with Crippen molar-refractivity contribution in [1.29, 1.82) is 0 Å². The lowest BCUT2D eigenvalue weighted by Crippen LogP contribution is -2.49. The lowest BCUT2D eigenvalue weighted by atomic mass is 10.2. The van der Waals surface area contributed by atoms with Crippen molar-refractivity contribution in [3.8, 4) is 0 Å². The molecule has 0 atom stereocenters. The number of nitrogens with zero attached hydrogens (tertiary/aromatic N) is 3. The van der Waals surface area contributed by atoms with Crippen molar-refractivity contribution in [3.05, 3.63) is 35.3 Å². The van der Waals surface area contributed by atoms with E-state index in [9.17, 15) is 9.59 Å². The van der Waals surface area contributed by atoms with Gasteiger partial charge in [-0.3, -0.25) is 14.5 Å². The van der Waals surface area contributed by atoms with E-state index in [1.165, 1.54) is 11.3 Å². The molecule has 0 bridgehead atoms. The number of para-hydroxylation sites is 2. The van der Waals surface area contributed by atoms with Crippen LogP contribution in [0.1, 0.15) is 16.9 Å². The summed E-state index contributed by atoms with van der Waals surface area (Å²) in [7, 11) is 0. The molecule has 0 unspecified atom stereocenters. The number of primary amides is 1. The van der Waals surface area contributed by atoms with Crippen molar-refractivity contribution in [3.63, 3.8) is 0 Å². The Morgan fingerprint density at radius 2 is 1.97 bits per heavy atom. The van der Waals surface area contributed by atoms with Gasteiger partial charge in [-0.25, -0.2) is 4.98 Å². The highest BCUT2D eigenvalue weighted by atomic mass is 35.5. The summed E-state index contributed by atoms with van der Waals surface area (Å²) in [6.45, 7) is 4.00. The van der Waals surface area contributed by atoms with E-state index in [2.05, 4.69) is 20.5 Å². The first kappa shape index (κ1) is 21.4. The van der Waals surface area contributed by atoms with Crippen LogP contribution in [0.25, 0.3) is 0 Å². The van der Waals surface area contributed by atoms with Gasteiger partial charge in [0.05, 0.1) is 17.9 Å². The third-order valence-corrected chi connectivity index (χ3v) is 5.64. The van der Waals surface area contributed by atoms with Crippen molar-refractivity contribution >= 4 is 51.3 Å². The number of halogens is 1. The van der Waals surface area contributed by atoms with E-state index in [0.717, 1.165) is 50.5 Å². The van der Waals surface area contributed by atoms with Crippen LogP contribution in [-0.4, -0.2) is 66.8 Å². The number of benzene rings is 1. The Morgan fingerprint density at radius 1 is 1.21 bits per heavy atom. The molecule has 0 saturated carbocycles. The molecular weight excluding hydrogens is 412 g/mol. The van der Waals surface area contributed by atoms with Crippen molar-refractivity contribution < 1.29 is 9.59 Å². The molecule has 2 aromatic rings. The fourth-order valence-corrected chi connectivity index (χ4v) is 3.98. The van der Waals surface area contributed by atoms with E-state index in [1.807, 2.05) is 29.2 Å². The molecule has 1 aromatic carbocycles. The zero-order valence-corrected chi connectivity index (χ0v) is 17.6. The van der Waals surface area contributed by atoms with Crippen LogP contribution in [-0.2, 0) is 4.79 Å². The zero-order chi connectivity index (χ0) is 20.6. The molecule has 1 fully saturated rings. The largest absolute Gasteiger partial charge is 0.369 e. The summed E-state index contributed by atoms with van der Waals surface area (Å²) < 4.78 is 0. The van der Waals surface area contributed by atoms with E-state index in [0.29, 0.717) is 16.7 Å². The second-order valence-electron chi connectivity index (χ2n) is 6.71. The Labute approximate surface area is 179 Å². The maximum absolute atomic E-state index is 12.7. The number of amides is 2. The minimum atomic E-state index is -0.314. The van der Waals surface area contributed by atoms with Crippen molar-refractivity contribution in [1.82, 2.24) is 9.88 Å². The number of thiazole rings is 1. The Morgan fingerprint density at radius 3 is 2.69 bits per heavy atom. The molecule has 4 N–H and O–H groups in total. The molecule has 0 spiro atoms. The fraction of sp³-hybridized carbons (Fsp3) is 0.421. The van der Waals surface area contributed by atoms with Crippen LogP contribution in [0, 0.1) is 0 Å². The molecule has 1 saturated heterocycles. The smallest absolute Gasteiger partial charge is 0.275 e. The number of anilines is 3. The molecule has 156 valence electrons. The topological polar surface area (TPSA) is 104 Å². The number of rotatable bonds is 9. The zero-order valence-electron chi connectivity index (χ0n) is 16.1. The van der Waals surface area contributed by atoms with E-state index in [-0.39, 0.29) is 18.4 Å². The number of hydrogen-bond donors (Lipinski definition) is 3. The normalized spacial score (nSPS) is 14.6. The molecule has 1 aromatic heterocycles. The van der Waals surface area contributed by atoms with Crippen LogP contribution in [0.2, 0.25) is 0 Å². The average Bonchev–Trinajstić information content (AvgIpc) is 3.18. The van der Waals surface area contributed by atoms with Crippen LogP contribution in [0.4, 0.5) is 16.5 Å². The molecule has 10 heteroatoms. The van der Waals surface area contributed by atoms with Crippen molar-refractivity contribution in [2.45, 2.75) is 6.42 Å².